The quantitative estimate of drug-likeness (QED) is 0.733. The third kappa shape index (κ3) is 5.41. The number of methoxy groups -OCH3 is 1. The van der Waals surface area contributed by atoms with Crippen molar-refractivity contribution in [2.45, 2.75) is 32.2 Å². The lowest BCUT2D eigenvalue weighted by molar-refractivity contribution is -0.142. The van der Waals surface area contributed by atoms with Gasteiger partial charge in [-0.2, -0.15) is 18.3 Å². The van der Waals surface area contributed by atoms with Crippen LogP contribution in [0.3, 0.4) is 0 Å². The predicted molar refractivity (Wildman–Crippen MR) is 98.7 cm³/mol. The lowest BCUT2D eigenvalue weighted by atomic mass is 10.1. The molecule has 0 radical (unpaired) electrons. The topological polar surface area (TPSA) is 77.4 Å². The Balaban J connectivity index is 1.46. The number of nitrogens with one attached hydrogen (secondary N) is 2. The molecule has 1 aliphatic heterocycles. The monoisotopic (exact) mass is 412 g/mol. The van der Waals surface area contributed by atoms with Gasteiger partial charge in [-0.25, -0.2) is 4.79 Å². The van der Waals surface area contributed by atoms with Crippen LogP contribution in [0.25, 0.3) is 0 Å². The van der Waals surface area contributed by atoms with Gasteiger partial charge in [-0.15, -0.1) is 0 Å². The average molecular weight is 412 g/mol. The highest BCUT2D eigenvalue weighted by atomic mass is 19.4. The van der Waals surface area contributed by atoms with Crippen molar-refractivity contribution in [3.63, 3.8) is 0 Å². The average Bonchev–Trinajstić information content (AvgIpc) is 3.08. The summed E-state index contributed by atoms with van der Waals surface area (Å²) in [6.07, 6.45) is -3.51. The second-order valence-corrected chi connectivity index (χ2v) is 6.58. The van der Waals surface area contributed by atoms with Crippen LogP contribution in [0.1, 0.15) is 22.5 Å². The third-order valence-corrected chi connectivity index (χ3v) is 4.63. The molecule has 1 aromatic carbocycles. The Labute approximate surface area is 166 Å². The number of ether oxygens (including phenoxy) is 2. The number of carbonyl (C=O) groups excluding carboxylic acids is 1. The van der Waals surface area contributed by atoms with E-state index in [1.165, 1.54) is 4.68 Å². The van der Waals surface area contributed by atoms with E-state index in [9.17, 15) is 18.0 Å². The molecule has 0 atom stereocenters. The molecule has 2 aromatic rings. The fourth-order valence-electron chi connectivity index (χ4n) is 3.17. The van der Waals surface area contributed by atoms with E-state index in [2.05, 4.69) is 15.7 Å². The van der Waals surface area contributed by atoms with Crippen molar-refractivity contribution in [3.05, 3.63) is 46.8 Å². The number of halogens is 3. The largest absolute Gasteiger partial charge is 0.497 e. The molecule has 158 valence electrons. The molecule has 0 spiro atoms. The van der Waals surface area contributed by atoms with Crippen LogP contribution in [0.2, 0.25) is 0 Å². The summed E-state index contributed by atoms with van der Waals surface area (Å²) in [4.78, 5) is 11.9. The number of urea groups is 1. The molecule has 29 heavy (non-hydrogen) atoms. The van der Waals surface area contributed by atoms with Crippen LogP contribution >= 0.6 is 0 Å². The van der Waals surface area contributed by atoms with Gasteiger partial charge in [0.25, 0.3) is 0 Å². The zero-order valence-electron chi connectivity index (χ0n) is 16.0. The molecule has 0 saturated heterocycles. The summed E-state index contributed by atoms with van der Waals surface area (Å²) in [6.45, 7) is 1.02. The van der Waals surface area contributed by atoms with Crippen LogP contribution in [0, 0.1) is 0 Å². The van der Waals surface area contributed by atoms with E-state index in [-0.39, 0.29) is 31.3 Å². The lowest BCUT2D eigenvalue weighted by Crippen LogP contribution is -2.38. The molecule has 10 heteroatoms. The smallest absolute Gasteiger partial charge is 0.435 e. The molecular formula is C19H23F3N4O3. The first kappa shape index (κ1) is 21.0. The maximum atomic E-state index is 13.1. The van der Waals surface area contributed by atoms with Crippen molar-refractivity contribution in [3.8, 4) is 5.75 Å². The lowest BCUT2D eigenvalue weighted by Gasteiger charge is -2.15. The minimum atomic E-state index is -4.53. The van der Waals surface area contributed by atoms with Crippen LogP contribution in [-0.4, -0.2) is 42.6 Å². The molecule has 1 aliphatic rings. The number of carbonyl (C=O) groups is 1. The van der Waals surface area contributed by atoms with E-state index in [1.807, 2.05) is 24.3 Å². The molecule has 2 heterocycles. The van der Waals surface area contributed by atoms with E-state index < -0.39 is 11.9 Å². The molecule has 7 nitrogen and oxygen atoms in total. The van der Waals surface area contributed by atoms with Gasteiger partial charge < -0.3 is 20.1 Å². The highest BCUT2D eigenvalue weighted by molar-refractivity contribution is 5.73. The molecular weight excluding hydrogens is 389 g/mol. The fourth-order valence-corrected chi connectivity index (χ4v) is 3.17. The van der Waals surface area contributed by atoms with Crippen molar-refractivity contribution in [2.24, 2.45) is 0 Å². The van der Waals surface area contributed by atoms with Crippen LogP contribution in [0.15, 0.2) is 24.3 Å². The zero-order valence-corrected chi connectivity index (χ0v) is 16.0. The van der Waals surface area contributed by atoms with Gasteiger partial charge in [-0.1, -0.05) is 12.1 Å². The highest BCUT2D eigenvalue weighted by Gasteiger charge is 2.39. The summed E-state index contributed by atoms with van der Waals surface area (Å²) in [5, 5.41) is 9.08. The van der Waals surface area contributed by atoms with Crippen LogP contribution in [-0.2, 0) is 36.9 Å². The molecule has 3 rings (SSSR count). The van der Waals surface area contributed by atoms with Gasteiger partial charge in [-0.05, 0) is 24.1 Å². The minimum Gasteiger partial charge on any atom is -0.497 e. The second kappa shape index (κ2) is 9.17. The van der Waals surface area contributed by atoms with E-state index in [4.69, 9.17) is 9.47 Å². The van der Waals surface area contributed by atoms with Crippen LogP contribution in [0.5, 0.6) is 5.75 Å². The van der Waals surface area contributed by atoms with Crippen molar-refractivity contribution >= 4 is 6.03 Å². The summed E-state index contributed by atoms with van der Waals surface area (Å²) in [5.41, 5.74) is 0.755. The van der Waals surface area contributed by atoms with Gasteiger partial charge in [0.2, 0.25) is 0 Å². The molecule has 0 aliphatic carbocycles. The summed E-state index contributed by atoms with van der Waals surface area (Å²) in [5.74, 6) is 0.764. The first-order valence-electron chi connectivity index (χ1n) is 9.26. The molecule has 0 saturated carbocycles. The second-order valence-electron chi connectivity index (χ2n) is 6.58. The Hall–Kier alpha value is -2.75. The highest BCUT2D eigenvalue weighted by Crippen LogP contribution is 2.34. The number of benzene rings is 1. The first-order chi connectivity index (χ1) is 13.9. The summed E-state index contributed by atoms with van der Waals surface area (Å²) >= 11 is 0. The SMILES string of the molecule is COc1ccc(CCNC(=O)NCCn2nc(C(F)(F)F)c3c2CCOC3)cc1. The Morgan fingerprint density at radius 1 is 1.24 bits per heavy atom. The van der Waals surface area contributed by atoms with Crippen LogP contribution < -0.4 is 15.4 Å². The zero-order chi connectivity index (χ0) is 20.9. The summed E-state index contributed by atoms with van der Waals surface area (Å²) in [6, 6.07) is 7.16. The summed E-state index contributed by atoms with van der Waals surface area (Å²) < 4.78 is 51.0. The number of hydrogen-bond donors (Lipinski definition) is 2. The molecule has 2 N–H and O–H groups in total. The van der Waals surface area contributed by atoms with Crippen molar-refractivity contribution in [1.29, 1.82) is 0 Å². The maximum Gasteiger partial charge on any atom is 0.435 e. The normalized spacial score (nSPS) is 13.7. The maximum absolute atomic E-state index is 13.1. The number of alkyl halides is 3. The van der Waals surface area contributed by atoms with E-state index in [1.54, 1.807) is 7.11 Å². The van der Waals surface area contributed by atoms with Gasteiger partial charge in [0.1, 0.15) is 5.75 Å². The van der Waals surface area contributed by atoms with Crippen molar-refractivity contribution in [1.82, 2.24) is 20.4 Å². The molecule has 0 fully saturated rings. The molecule has 0 bridgehead atoms. The standard InChI is InChI=1S/C19H23F3N4O3/c1-28-14-4-2-13(3-5-14)6-8-23-18(27)24-9-10-26-16-7-11-29-12-15(16)17(25-26)19(20,21)22/h2-5H,6-12H2,1H3,(H2,23,24,27). The number of rotatable bonds is 7. The molecule has 2 amide bonds. The minimum absolute atomic E-state index is 0.0905. The van der Waals surface area contributed by atoms with Crippen molar-refractivity contribution < 1.29 is 27.4 Å². The Bertz CT molecular complexity index is 834. The van der Waals surface area contributed by atoms with Gasteiger partial charge in [0, 0.05) is 30.8 Å². The predicted octanol–water partition coefficient (Wildman–Crippen LogP) is 2.53. The Morgan fingerprint density at radius 3 is 2.66 bits per heavy atom. The van der Waals surface area contributed by atoms with Gasteiger partial charge in [-0.3, -0.25) is 4.68 Å². The van der Waals surface area contributed by atoms with E-state index in [0.717, 1.165) is 11.3 Å². The number of aromatic nitrogens is 2. The van der Waals surface area contributed by atoms with E-state index in [0.29, 0.717) is 31.7 Å². The first-order valence-corrected chi connectivity index (χ1v) is 9.26. The number of hydrogen-bond acceptors (Lipinski definition) is 4. The number of nitrogens with zero attached hydrogens (tertiary/aromatic N) is 2. The van der Waals surface area contributed by atoms with Crippen molar-refractivity contribution in [2.75, 3.05) is 26.8 Å². The summed E-state index contributed by atoms with van der Waals surface area (Å²) in [7, 11) is 1.59. The van der Waals surface area contributed by atoms with Gasteiger partial charge in [0.05, 0.1) is 26.9 Å². The van der Waals surface area contributed by atoms with Crippen LogP contribution in [0.4, 0.5) is 18.0 Å². The Kier molecular flexibility index (Phi) is 6.63. The van der Waals surface area contributed by atoms with Gasteiger partial charge in [0.15, 0.2) is 5.69 Å². The van der Waals surface area contributed by atoms with E-state index >= 15 is 0 Å². The Morgan fingerprint density at radius 2 is 1.97 bits per heavy atom. The number of amides is 2. The molecule has 1 aromatic heterocycles. The fraction of sp³-hybridized carbons (Fsp3) is 0.474. The number of fused-ring (bicyclic) bond motifs is 1. The molecule has 0 unspecified atom stereocenters. The van der Waals surface area contributed by atoms with Gasteiger partial charge >= 0.3 is 12.2 Å². The third-order valence-electron chi connectivity index (χ3n) is 4.63.